The van der Waals surface area contributed by atoms with Crippen LogP contribution in [0.3, 0.4) is 0 Å². The molecule has 2 aromatic rings. The van der Waals surface area contributed by atoms with E-state index in [4.69, 9.17) is 4.74 Å². The van der Waals surface area contributed by atoms with E-state index in [9.17, 15) is 4.79 Å². The maximum atomic E-state index is 11.6. The van der Waals surface area contributed by atoms with Crippen LogP contribution in [0.1, 0.15) is 36.8 Å². The largest absolute Gasteiger partial charge is 0.478 e. The van der Waals surface area contributed by atoms with Crippen molar-refractivity contribution in [2.24, 2.45) is 0 Å². The fourth-order valence-corrected chi connectivity index (χ4v) is 5.22. The van der Waals surface area contributed by atoms with Crippen molar-refractivity contribution in [3.63, 3.8) is 0 Å². The SMILES string of the molecule is CN1CCCc2c1cccc2N1CCN(CCCCOc2ccc3c(n2)NC(=O)CC3)CC1. The zero-order valence-electron chi connectivity index (χ0n) is 19.7. The molecule has 0 bridgehead atoms. The highest BCUT2D eigenvalue weighted by Gasteiger charge is 2.23. The molecule has 1 N–H and O–H groups in total. The summed E-state index contributed by atoms with van der Waals surface area (Å²) in [4.78, 5) is 23.6. The average molecular weight is 450 g/mol. The number of unbranched alkanes of at least 4 members (excludes halogenated alkanes) is 1. The van der Waals surface area contributed by atoms with Gasteiger partial charge in [-0.2, -0.15) is 4.98 Å². The van der Waals surface area contributed by atoms with Crippen LogP contribution in [0.5, 0.6) is 5.88 Å². The van der Waals surface area contributed by atoms with Gasteiger partial charge in [-0.1, -0.05) is 6.07 Å². The molecule has 3 aliphatic rings. The monoisotopic (exact) mass is 449 g/mol. The zero-order valence-corrected chi connectivity index (χ0v) is 19.7. The summed E-state index contributed by atoms with van der Waals surface area (Å²) in [5.74, 6) is 1.29. The first kappa shape index (κ1) is 22.0. The lowest BCUT2D eigenvalue weighted by Gasteiger charge is -2.39. The van der Waals surface area contributed by atoms with E-state index in [0.717, 1.165) is 64.1 Å². The fraction of sp³-hybridized carbons (Fsp3) is 0.538. The van der Waals surface area contributed by atoms with Crippen molar-refractivity contribution in [3.8, 4) is 5.88 Å². The molecule has 3 aliphatic heterocycles. The molecule has 1 aromatic heterocycles. The van der Waals surface area contributed by atoms with Gasteiger partial charge in [-0.15, -0.1) is 0 Å². The van der Waals surface area contributed by atoms with Crippen molar-refractivity contribution in [1.29, 1.82) is 0 Å². The Morgan fingerprint density at radius 2 is 1.82 bits per heavy atom. The van der Waals surface area contributed by atoms with Crippen molar-refractivity contribution in [1.82, 2.24) is 9.88 Å². The molecule has 176 valence electrons. The molecule has 7 heteroatoms. The van der Waals surface area contributed by atoms with E-state index in [0.29, 0.717) is 24.7 Å². The van der Waals surface area contributed by atoms with Crippen LogP contribution in [0.4, 0.5) is 17.2 Å². The van der Waals surface area contributed by atoms with Crippen molar-refractivity contribution < 1.29 is 9.53 Å². The summed E-state index contributed by atoms with van der Waals surface area (Å²) in [5, 5.41) is 2.84. The number of nitrogens with one attached hydrogen (secondary N) is 1. The Hall–Kier alpha value is -2.80. The quantitative estimate of drug-likeness (QED) is 0.655. The van der Waals surface area contributed by atoms with Crippen LogP contribution in [-0.4, -0.2) is 68.7 Å². The topological polar surface area (TPSA) is 60.9 Å². The van der Waals surface area contributed by atoms with E-state index in [1.807, 2.05) is 12.1 Å². The molecule has 0 unspecified atom stereocenters. The summed E-state index contributed by atoms with van der Waals surface area (Å²) in [6, 6.07) is 10.7. The molecule has 5 rings (SSSR count). The summed E-state index contributed by atoms with van der Waals surface area (Å²) in [5.41, 5.74) is 5.48. The van der Waals surface area contributed by atoms with Gasteiger partial charge in [0.15, 0.2) is 0 Å². The first-order valence-corrected chi connectivity index (χ1v) is 12.4. The molecular weight excluding hydrogens is 414 g/mol. The van der Waals surface area contributed by atoms with Crippen LogP contribution in [-0.2, 0) is 17.6 Å². The minimum atomic E-state index is 0.0340. The second-order valence-electron chi connectivity index (χ2n) is 9.39. The third-order valence-electron chi connectivity index (χ3n) is 7.12. The number of carbonyl (C=O) groups excluding carboxylic acids is 1. The van der Waals surface area contributed by atoms with Gasteiger partial charge in [0.05, 0.1) is 6.61 Å². The van der Waals surface area contributed by atoms with Crippen LogP contribution in [0.2, 0.25) is 0 Å². The Bertz CT molecular complexity index is 987. The normalized spacial score (nSPS) is 18.5. The number of ether oxygens (including phenoxy) is 1. The summed E-state index contributed by atoms with van der Waals surface area (Å²) < 4.78 is 5.84. The fourth-order valence-electron chi connectivity index (χ4n) is 5.22. The predicted octanol–water partition coefficient (Wildman–Crippen LogP) is 3.33. The van der Waals surface area contributed by atoms with Crippen molar-refractivity contribution in [3.05, 3.63) is 41.5 Å². The maximum absolute atomic E-state index is 11.6. The standard InChI is InChI=1S/C26H35N5O2/c1-29-13-5-6-21-22(29)7-4-8-23(21)31-17-15-30(16-18-31)14-2-3-19-33-25-12-10-20-9-11-24(32)27-26(20)28-25/h4,7-8,10,12H,2-3,5-6,9,11,13-19H2,1H3,(H,27,28,32). The van der Waals surface area contributed by atoms with E-state index in [-0.39, 0.29) is 5.91 Å². The van der Waals surface area contributed by atoms with Crippen LogP contribution in [0, 0.1) is 0 Å². The van der Waals surface area contributed by atoms with E-state index < -0.39 is 0 Å². The molecule has 7 nitrogen and oxygen atoms in total. The van der Waals surface area contributed by atoms with E-state index in [1.165, 1.54) is 29.8 Å². The first-order valence-electron chi connectivity index (χ1n) is 12.4. The van der Waals surface area contributed by atoms with Gasteiger partial charge >= 0.3 is 0 Å². The lowest BCUT2D eigenvalue weighted by Crippen LogP contribution is -2.47. The number of rotatable bonds is 7. The van der Waals surface area contributed by atoms with Gasteiger partial charge in [0, 0.05) is 63.6 Å². The molecule has 1 aromatic carbocycles. The number of hydrogen-bond donors (Lipinski definition) is 1. The molecule has 4 heterocycles. The van der Waals surface area contributed by atoms with Gasteiger partial charge in [0.2, 0.25) is 11.8 Å². The van der Waals surface area contributed by atoms with Gasteiger partial charge in [-0.3, -0.25) is 9.69 Å². The highest BCUT2D eigenvalue weighted by atomic mass is 16.5. The Morgan fingerprint density at radius 3 is 2.70 bits per heavy atom. The van der Waals surface area contributed by atoms with Gasteiger partial charge in [0.1, 0.15) is 5.82 Å². The minimum Gasteiger partial charge on any atom is -0.478 e. The number of aryl methyl sites for hydroxylation is 1. The minimum absolute atomic E-state index is 0.0340. The number of benzene rings is 1. The van der Waals surface area contributed by atoms with Gasteiger partial charge in [0.25, 0.3) is 0 Å². The van der Waals surface area contributed by atoms with Crippen LogP contribution < -0.4 is 19.9 Å². The number of fused-ring (bicyclic) bond motifs is 2. The number of hydrogen-bond acceptors (Lipinski definition) is 6. The number of anilines is 3. The third kappa shape index (κ3) is 5.08. The molecule has 0 saturated carbocycles. The zero-order chi connectivity index (χ0) is 22.6. The van der Waals surface area contributed by atoms with Gasteiger partial charge < -0.3 is 19.9 Å². The summed E-state index contributed by atoms with van der Waals surface area (Å²) in [6.45, 7) is 7.36. The Morgan fingerprint density at radius 1 is 0.970 bits per heavy atom. The number of piperazine rings is 1. The van der Waals surface area contributed by atoms with Crippen molar-refractivity contribution in [2.45, 2.75) is 38.5 Å². The summed E-state index contributed by atoms with van der Waals surface area (Å²) >= 11 is 0. The molecule has 0 radical (unpaired) electrons. The smallest absolute Gasteiger partial charge is 0.225 e. The summed E-state index contributed by atoms with van der Waals surface area (Å²) in [6.07, 6.45) is 5.86. The van der Waals surface area contributed by atoms with Crippen molar-refractivity contribution >= 4 is 23.1 Å². The lowest BCUT2D eigenvalue weighted by atomic mass is 9.99. The van der Waals surface area contributed by atoms with Crippen LogP contribution in [0.15, 0.2) is 30.3 Å². The Labute approximate surface area is 196 Å². The lowest BCUT2D eigenvalue weighted by molar-refractivity contribution is -0.116. The van der Waals surface area contributed by atoms with E-state index in [2.05, 4.69) is 50.2 Å². The number of aromatic nitrogens is 1. The summed E-state index contributed by atoms with van der Waals surface area (Å²) in [7, 11) is 2.21. The highest BCUT2D eigenvalue weighted by Crippen LogP contribution is 2.34. The van der Waals surface area contributed by atoms with Gasteiger partial charge in [-0.25, -0.2) is 0 Å². The second kappa shape index (κ2) is 10.00. The predicted molar refractivity (Wildman–Crippen MR) is 133 cm³/mol. The molecule has 0 aliphatic carbocycles. The number of pyridine rings is 1. The van der Waals surface area contributed by atoms with Crippen LogP contribution >= 0.6 is 0 Å². The molecule has 0 spiro atoms. The third-order valence-corrected chi connectivity index (χ3v) is 7.12. The van der Waals surface area contributed by atoms with E-state index >= 15 is 0 Å². The van der Waals surface area contributed by atoms with E-state index in [1.54, 1.807) is 0 Å². The molecule has 0 atom stereocenters. The highest BCUT2D eigenvalue weighted by molar-refractivity contribution is 5.92. The van der Waals surface area contributed by atoms with Crippen molar-refractivity contribution in [2.75, 3.05) is 68.0 Å². The van der Waals surface area contributed by atoms with Crippen LogP contribution in [0.25, 0.3) is 0 Å². The molecule has 1 amide bonds. The molecule has 1 fully saturated rings. The van der Waals surface area contributed by atoms with Gasteiger partial charge in [-0.05, 0) is 68.0 Å². The Balaban J connectivity index is 1.04. The molecular formula is C26H35N5O2. The number of amides is 1. The molecule has 33 heavy (non-hydrogen) atoms. The number of nitrogens with zero attached hydrogens (tertiary/aromatic N) is 4. The average Bonchev–Trinajstić information content (AvgIpc) is 2.84. The first-order chi connectivity index (χ1) is 16.2. The maximum Gasteiger partial charge on any atom is 0.225 e. The number of carbonyl (C=O) groups is 1. The molecule has 1 saturated heterocycles. The Kier molecular flexibility index (Phi) is 6.67. The second-order valence-corrected chi connectivity index (χ2v) is 9.39.